The first-order chi connectivity index (χ1) is 13.2. The number of nitrogens with zero attached hydrogens (tertiary/aromatic N) is 4. The van der Waals surface area contributed by atoms with Crippen molar-refractivity contribution >= 4 is 17.1 Å². The highest BCUT2D eigenvalue weighted by atomic mass is 15.4. The molecule has 1 atom stereocenters. The third-order valence-corrected chi connectivity index (χ3v) is 5.19. The predicted octanol–water partition coefficient (Wildman–Crippen LogP) is 5.03. The highest BCUT2D eigenvalue weighted by molar-refractivity contribution is 5.89. The molecule has 1 aliphatic heterocycles. The van der Waals surface area contributed by atoms with Gasteiger partial charge in [-0.1, -0.05) is 42.5 Å². The van der Waals surface area contributed by atoms with Gasteiger partial charge in [-0.15, -0.1) is 0 Å². The van der Waals surface area contributed by atoms with Gasteiger partial charge < -0.3 is 9.80 Å². The lowest BCUT2D eigenvalue weighted by molar-refractivity contribution is 0.734. The molecule has 4 heteroatoms. The number of fused-ring (bicyclic) bond motifs is 1. The Morgan fingerprint density at radius 3 is 2.11 bits per heavy atom. The minimum Gasteiger partial charge on any atom is -0.351 e. The van der Waals surface area contributed by atoms with E-state index < -0.39 is 0 Å². The summed E-state index contributed by atoms with van der Waals surface area (Å²) in [6.07, 6.45) is 0.0450. The van der Waals surface area contributed by atoms with E-state index in [-0.39, 0.29) is 6.17 Å². The van der Waals surface area contributed by atoms with Gasteiger partial charge >= 0.3 is 0 Å². The minimum absolute atomic E-state index is 0.0450. The second-order valence-corrected chi connectivity index (χ2v) is 6.61. The summed E-state index contributed by atoms with van der Waals surface area (Å²) in [6, 6.07) is 26.7. The van der Waals surface area contributed by atoms with Gasteiger partial charge in [0.15, 0.2) is 0 Å². The Morgan fingerprint density at radius 2 is 1.48 bits per heavy atom. The molecule has 0 unspecified atom stereocenters. The van der Waals surface area contributed by atoms with Crippen molar-refractivity contribution in [1.82, 2.24) is 0 Å². The van der Waals surface area contributed by atoms with E-state index in [9.17, 15) is 10.5 Å². The Balaban J connectivity index is 1.78. The van der Waals surface area contributed by atoms with Crippen molar-refractivity contribution in [3.63, 3.8) is 0 Å². The first kappa shape index (κ1) is 16.7. The highest BCUT2D eigenvalue weighted by Gasteiger charge is 2.34. The van der Waals surface area contributed by atoms with Crippen LogP contribution >= 0.6 is 0 Å². The lowest BCUT2D eigenvalue weighted by Gasteiger charge is -2.27. The van der Waals surface area contributed by atoms with Gasteiger partial charge in [0, 0.05) is 12.7 Å². The van der Waals surface area contributed by atoms with E-state index in [1.807, 2.05) is 31.3 Å². The van der Waals surface area contributed by atoms with Crippen LogP contribution in [0.1, 0.15) is 18.1 Å². The monoisotopic (exact) mass is 350 g/mol. The van der Waals surface area contributed by atoms with E-state index in [0.717, 1.165) is 22.6 Å². The van der Waals surface area contributed by atoms with Crippen LogP contribution in [0.15, 0.2) is 66.7 Å². The van der Waals surface area contributed by atoms with E-state index in [1.165, 1.54) is 5.56 Å². The molecular formula is C23H18N4. The van der Waals surface area contributed by atoms with Gasteiger partial charge in [0.25, 0.3) is 0 Å². The third kappa shape index (κ3) is 2.60. The summed E-state index contributed by atoms with van der Waals surface area (Å²) in [7, 11) is 1.96. The number of benzene rings is 3. The topological polar surface area (TPSA) is 54.1 Å². The molecule has 0 fully saturated rings. The first-order valence-corrected chi connectivity index (χ1v) is 8.80. The zero-order chi connectivity index (χ0) is 19.0. The van der Waals surface area contributed by atoms with Crippen LogP contribution in [0.3, 0.4) is 0 Å². The third-order valence-electron chi connectivity index (χ3n) is 5.19. The van der Waals surface area contributed by atoms with Gasteiger partial charge in [-0.2, -0.15) is 10.5 Å². The molecule has 1 heterocycles. The molecule has 27 heavy (non-hydrogen) atoms. The Hall–Kier alpha value is -3.76. The van der Waals surface area contributed by atoms with Gasteiger partial charge in [0.05, 0.1) is 22.5 Å². The fraction of sp³-hybridized carbons (Fsp3) is 0.130. The Labute approximate surface area is 159 Å². The van der Waals surface area contributed by atoms with Gasteiger partial charge in [-0.25, -0.2) is 0 Å². The van der Waals surface area contributed by atoms with Crippen LogP contribution in [0.5, 0.6) is 0 Å². The van der Waals surface area contributed by atoms with Gasteiger partial charge in [0.2, 0.25) is 0 Å². The van der Waals surface area contributed by atoms with Crippen LogP contribution < -0.4 is 9.80 Å². The van der Waals surface area contributed by atoms with E-state index in [4.69, 9.17) is 0 Å². The standard InChI is InChI=1S/C23H18N4/c1-16-26(2)23-21(15-25)19(14-24)10-13-22(23)27(16)20-11-8-18(9-12-20)17-6-4-3-5-7-17/h3-13,16H,1-2H3/t16-/m0/s1. The van der Waals surface area contributed by atoms with Crippen molar-refractivity contribution in [2.24, 2.45) is 0 Å². The molecule has 0 aromatic heterocycles. The van der Waals surface area contributed by atoms with Crippen molar-refractivity contribution < 1.29 is 0 Å². The summed E-state index contributed by atoms with van der Waals surface area (Å²) in [5.41, 5.74) is 6.02. The quantitative estimate of drug-likeness (QED) is 0.650. The van der Waals surface area contributed by atoms with Crippen molar-refractivity contribution in [3.8, 4) is 23.3 Å². The van der Waals surface area contributed by atoms with Crippen LogP contribution in [0.25, 0.3) is 11.1 Å². The molecule has 0 saturated heterocycles. The molecule has 0 N–H and O–H groups in total. The summed E-state index contributed by atoms with van der Waals surface area (Å²) < 4.78 is 0. The molecule has 0 aliphatic carbocycles. The molecule has 0 saturated carbocycles. The average Bonchev–Trinajstić information content (AvgIpc) is 2.98. The smallest absolute Gasteiger partial charge is 0.103 e. The van der Waals surface area contributed by atoms with E-state index in [2.05, 4.69) is 65.3 Å². The number of rotatable bonds is 2. The van der Waals surface area contributed by atoms with Crippen LogP contribution in [0.2, 0.25) is 0 Å². The van der Waals surface area contributed by atoms with Gasteiger partial charge in [0.1, 0.15) is 18.3 Å². The SMILES string of the molecule is C[C@H]1N(C)c2c(ccc(C#N)c2C#N)N1c1ccc(-c2ccccc2)cc1. The number of hydrogen-bond donors (Lipinski definition) is 0. The predicted molar refractivity (Wildman–Crippen MR) is 108 cm³/mol. The summed E-state index contributed by atoms with van der Waals surface area (Å²) in [5, 5.41) is 18.9. The lowest BCUT2D eigenvalue weighted by Crippen LogP contribution is -2.35. The molecule has 4 rings (SSSR count). The molecule has 0 spiro atoms. The summed E-state index contributed by atoms with van der Waals surface area (Å²) >= 11 is 0. The average molecular weight is 350 g/mol. The largest absolute Gasteiger partial charge is 0.351 e. The molecule has 0 bridgehead atoms. The molecule has 0 amide bonds. The maximum atomic E-state index is 9.59. The van der Waals surface area contributed by atoms with Crippen molar-refractivity contribution in [2.45, 2.75) is 13.1 Å². The van der Waals surface area contributed by atoms with Crippen molar-refractivity contribution in [2.75, 3.05) is 16.8 Å². The molecule has 3 aromatic rings. The number of nitriles is 2. The highest BCUT2D eigenvalue weighted by Crippen LogP contribution is 2.46. The maximum Gasteiger partial charge on any atom is 0.103 e. The summed E-state index contributed by atoms with van der Waals surface area (Å²) in [4.78, 5) is 4.26. The van der Waals surface area contributed by atoms with Crippen molar-refractivity contribution in [3.05, 3.63) is 77.9 Å². The Morgan fingerprint density at radius 1 is 0.815 bits per heavy atom. The van der Waals surface area contributed by atoms with Crippen LogP contribution in [0, 0.1) is 22.7 Å². The fourth-order valence-electron chi connectivity index (χ4n) is 3.70. The summed E-state index contributed by atoms with van der Waals surface area (Å²) in [5.74, 6) is 0. The minimum atomic E-state index is 0.0450. The maximum absolute atomic E-state index is 9.59. The molecule has 1 aliphatic rings. The first-order valence-electron chi connectivity index (χ1n) is 8.80. The van der Waals surface area contributed by atoms with Gasteiger partial charge in [-0.05, 0) is 42.3 Å². The van der Waals surface area contributed by atoms with E-state index in [1.54, 1.807) is 6.07 Å². The summed E-state index contributed by atoms with van der Waals surface area (Å²) in [6.45, 7) is 2.10. The Kier molecular flexibility index (Phi) is 4.03. The van der Waals surface area contributed by atoms with Crippen LogP contribution in [-0.4, -0.2) is 13.2 Å². The molecule has 4 nitrogen and oxygen atoms in total. The number of hydrogen-bond acceptors (Lipinski definition) is 4. The lowest BCUT2D eigenvalue weighted by atomic mass is 10.0. The molecule has 130 valence electrons. The van der Waals surface area contributed by atoms with Crippen LogP contribution in [0.4, 0.5) is 17.1 Å². The normalized spacial score (nSPS) is 15.2. The molecular weight excluding hydrogens is 332 g/mol. The molecule has 3 aromatic carbocycles. The fourth-order valence-corrected chi connectivity index (χ4v) is 3.70. The van der Waals surface area contributed by atoms with Crippen LogP contribution in [-0.2, 0) is 0 Å². The zero-order valence-electron chi connectivity index (χ0n) is 15.2. The molecule has 0 radical (unpaired) electrons. The second kappa shape index (κ2) is 6.52. The van der Waals surface area contributed by atoms with E-state index >= 15 is 0 Å². The Bertz CT molecular complexity index is 1070. The number of anilines is 3. The van der Waals surface area contributed by atoms with Crippen molar-refractivity contribution in [1.29, 1.82) is 10.5 Å². The zero-order valence-corrected chi connectivity index (χ0v) is 15.2. The van der Waals surface area contributed by atoms with E-state index in [0.29, 0.717) is 11.1 Å². The van der Waals surface area contributed by atoms with Gasteiger partial charge in [-0.3, -0.25) is 0 Å². The second-order valence-electron chi connectivity index (χ2n) is 6.61.